The molecule has 2 heterocycles. The second kappa shape index (κ2) is 9.27. The molecule has 0 aromatic carbocycles. The van der Waals surface area contributed by atoms with E-state index < -0.39 is 5.97 Å². The Balaban J connectivity index is 1.72. The highest BCUT2D eigenvalue weighted by Crippen LogP contribution is 2.45. The van der Waals surface area contributed by atoms with Crippen LogP contribution in [-0.2, 0) is 14.3 Å². The van der Waals surface area contributed by atoms with E-state index in [9.17, 15) is 9.59 Å². The Morgan fingerprint density at radius 1 is 1.24 bits per heavy atom. The molecule has 1 amide bonds. The number of rotatable bonds is 4. The summed E-state index contributed by atoms with van der Waals surface area (Å²) < 4.78 is 10.8. The number of methoxy groups -OCH3 is 1. The van der Waals surface area contributed by atoms with E-state index >= 15 is 0 Å². The van der Waals surface area contributed by atoms with Crippen molar-refractivity contribution < 1.29 is 19.1 Å². The second-order valence-electron chi connectivity index (χ2n) is 10.7. The molecule has 1 saturated carbocycles. The number of hydrogen-bond acceptors (Lipinski definition) is 5. The normalized spacial score (nSPS) is 26.8. The van der Waals surface area contributed by atoms with Gasteiger partial charge in [0, 0.05) is 17.4 Å². The lowest BCUT2D eigenvalue weighted by molar-refractivity contribution is -0.123. The Bertz CT molecular complexity index is 1010. The molecule has 4 rings (SSSR count). The predicted octanol–water partition coefficient (Wildman–Crippen LogP) is 5.72. The van der Waals surface area contributed by atoms with E-state index in [0.717, 1.165) is 56.4 Å². The molecule has 178 valence electrons. The van der Waals surface area contributed by atoms with Crippen molar-refractivity contribution in [3.05, 3.63) is 27.5 Å². The fourth-order valence-electron chi connectivity index (χ4n) is 4.77. The van der Waals surface area contributed by atoms with Crippen LogP contribution in [0, 0.1) is 23.2 Å². The van der Waals surface area contributed by atoms with Gasteiger partial charge in [0.05, 0.1) is 29.9 Å². The fourth-order valence-corrected chi connectivity index (χ4v) is 5.69. The number of amides is 1. The highest BCUT2D eigenvalue weighted by Gasteiger charge is 2.49. The van der Waals surface area contributed by atoms with E-state index in [1.165, 1.54) is 24.0 Å². The lowest BCUT2D eigenvalue weighted by Crippen LogP contribution is -2.47. The lowest BCUT2D eigenvalue weighted by Gasteiger charge is -2.38. The summed E-state index contributed by atoms with van der Waals surface area (Å²) in [7, 11) is 1.39. The maximum Gasteiger partial charge on any atom is 0.350 e. The number of carbonyl (C=O) groups is 2. The smallest absolute Gasteiger partial charge is 0.350 e. The van der Waals surface area contributed by atoms with Crippen LogP contribution in [0.5, 0.6) is 0 Å². The van der Waals surface area contributed by atoms with Gasteiger partial charge in [0.15, 0.2) is 0 Å². The first-order chi connectivity index (χ1) is 15.6. The third-order valence-electron chi connectivity index (χ3n) is 6.91. The van der Waals surface area contributed by atoms with Crippen molar-refractivity contribution in [3.63, 3.8) is 0 Å². The molecule has 1 atom stereocenters. The van der Waals surface area contributed by atoms with Crippen molar-refractivity contribution in [1.82, 2.24) is 0 Å². The van der Waals surface area contributed by atoms with Crippen molar-refractivity contribution in [2.24, 2.45) is 11.3 Å². The number of ether oxygens (including phenoxy) is 2. The SMILES string of the molecule is COC(=O)c1sc(C#CC(C)(C)C)cc1N(C(=O)C1CC=C(C)CC1)C1CCC2(CC1)CO2. The monoisotopic (exact) mass is 469 g/mol. The first-order valence-corrected chi connectivity index (χ1v) is 12.8. The molecular weight excluding hydrogens is 434 g/mol. The summed E-state index contributed by atoms with van der Waals surface area (Å²) in [5.41, 5.74) is 1.90. The van der Waals surface area contributed by atoms with Gasteiger partial charge < -0.3 is 14.4 Å². The highest BCUT2D eigenvalue weighted by atomic mass is 32.1. The van der Waals surface area contributed by atoms with E-state index in [1.807, 2.05) is 11.0 Å². The minimum absolute atomic E-state index is 0.0407. The van der Waals surface area contributed by atoms with Crippen LogP contribution in [0.1, 0.15) is 87.2 Å². The van der Waals surface area contributed by atoms with E-state index in [-0.39, 0.29) is 28.9 Å². The van der Waals surface area contributed by atoms with E-state index in [4.69, 9.17) is 9.47 Å². The summed E-state index contributed by atoms with van der Waals surface area (Å²) in [6, 6.07) is 1.98. The molecule has 5 nitrogen and oxygen atoms in total. The average molecular weight is 470 g/mol. The van der Waals surface area contributed by atoms with Gasteiger partial charge in [-0.05, 0) is 78.7 Å². The summed E-state index contributed by atoms with van der Waals surface area (Å²) in [6.07, 6.45) is 8.43. The van der Waals surface area contributed by atoms with Gasteiger partial charge in [-0.25, -0.2) is 4.79 Å². The fraction of sp³-hybridized carbons (Fsp3) is 0.630. The quantitative estimate of drug-likeness (QED) is 0.245. The largest absolute Gasteiger partial charge is 0.465 e. The van der Waals surface area contributed by atoms with Crippen molar-refractivity contribution >= 4 is 28.9 Å². The van der Waals surface area contributed by atoms with Gasteiger partial charge in [0.1, 0.15) is 4.88 Å². The molecule has 1 spiro atoms. The highest BCUT2D eigenvalue weighted by molar-refractivity contribution is 7.15. The molecule has 33 heavy (non-hydrogen) atoms. The number of esters is 1. The van der Waals surface area contributed by atoms with Crippen molar-refractivity contribution in [2.45, 2.75) is 84.3 Å². The molecule has 1 aromatic heterocycles. The van der Waals surface area contributed by atoms with Gasteiger partial charge in [-0.1, -0.05) is 23.5 Å². The van der Waals surface area contributed by atoms with Crippen LogP contribution in [0.4, 0.5) is 5.69 Å². The van der Waals surface area contributed by atoms with Crippen molar-refractivity contribution in [2.75, 3.05) is 18.6 Å². The van der Waals surface area contributed by atoms with Crippen molar-refractivity contribution in [3.8, 4) is 11.8 Å². The number of carbonyl (C=O) groups excluding carboxylic acids is 2. The van der Waals surface area contributed by atoms with Crippen LogP contribution in [0.3, 0.4) is 0 Å². The second-order valence-corrected chi connectivity index (χ2v) is 11.8. The van der Waals surface area contributed by atoms with Gasteiger partial charge in [-0.3, -0.25) is 4.79 Å². The number of nitrogens with zero attached hydrogens (tertiary/aromatic N) is 1. The average Bonchev–Trinajstić information content (AvgIpc) is 3.40. The molecule has 3 aliphatic rings. The van der Waals surface area contributed by atoms with Crippen LogP contribution < -0.4 is 4.90 Å². The number of thiophene rings is 1. The molecule has 1 aromatic rings. The molecular formula is C27H35NO4S. The maximum absolute atomic E-state index is 14.0. The maximum atomic E-state index is 14.0. The molecule has 0 N–H and O–H groups in total. The van der Waals surface area contributed by atoms with Gasteiger partial charge in [0.2, 0.25) is 5.91 Å². The van der Waals surface area contributed by atoms with Gasteiger partial charge >= 0.3 is 5.97 Å². The van der Waals surface area contributed by atoms with E-state index in [2.05, 4.69) is 45.6 Å². The minimum Gasteiger partial charge on any atom is -0.465 e. The third-order valence-corrected chi connectivity index (χ3v) is 7.93. The number of hydrogen-bond donors (Lipinski definition) is 0. The molecule has 1 aliphatic heterocycles. The Labute approximate surface area is 201 Å². The van der Waals surface area contributed by atoms with E-state index in [1.54, 1.807) is 0 Å². The van der Waals surface area contributed by atoms with E-state index in [0.29, 0.717) is 10.6 Å². The number of epoxide rings is 1. The third kappa shape index (κ3) is 5.53. The Hall–Kier alpha value is -2.10. The molecule has 1 saturated heterocycles. The summed E-state index contributed by atoms with van der Waals surface area (Å²) in [6.45, 7) is 9.13. The standard InChI is InChI=1S/C27H35NO4S/c1-18-6-8-19(9-7-18)24(29)28(20-10-14-27(15-11-20)17-32-27)22-16-21(12-13-26(2,3)4)33-23(22)25(30)31-5/h6,16,19-20H,7-11,14-15,17H2,1-5H3. The van der Waals surface area contributed by atoms with Crippen LogP contribution >= 0.6 is 11.3 Å². The lowest BCUT2D eigenvalue weighted by atomic mass is 9.83. The topological polar surface area (TPSA) is 59.1 Å². The number of allylic oxidation sites excluding steroid dienone is 2. The summed E-state index contributed by atoms with van der Waals surface area (Å²) in [5.74, 6) is 6.13. The summed E-state index contributed by atoms with van der Waals surface area (Å²) >= 11 is 1.32. The molecule has 2 aliphatic carbocycles. The van der Waals surface area contributed by atoms with Crippen LogP contribution in [-0.4, -0.2) is 37.2 Å². The first kappa shape index (κ1) is 24.0. The molecule has 2 fully saturated rings. The minimum atomic E-state index is -0.409. The Morgan fingerprint density at radius 3 is 2.48 bits per heavy atom. The summed E-state index contributed by atoms with van der Waals surface area (Å²) in [5, 5.41) is 0. The van der Waals surface area contributed by atoms with Gasteiger partial charge in [-0.15, -0.1) is 11.3 Å². The Morgan fingerprint density at radius 2 is 1.94 bits per heavy atom. The zero-order valence-corrected chi connectivity index (χ0v) is 21.3. The molecule has 0 radical (unpaired) electrons. The van der Waals surface area contributed by atoms with Gasteiger partial charge in [-0.2, -0.15) is 0 Å². The Kier molecular flexibility index (Phi) is 6.75. The molecule has 6 heteroatoms. The van der Waals surface area contributed by atoms with Crippen molar-refractivity contribution in [1.29, 1.82) is 0 Å². The zero-order valence-electron chi connectivity index (χ0n) is 20.5. The zero-order chi connectivity index (χ0) is 23.8. The van der Waals surface area contributed by atoms with Gasteiger partial charge in [0.25, 0.3) is 0 Å². The predicted molar refractivity (Wildman–Crippen MR) is 132 cm³/mol. The number of anilines is 1. The molecule has 1 unspecified atom stereocenters. The van der Waals surface area contributed by atoms with Crippen LogP contribution in [0.2, 0.25) is 0 Å². The molecule has 0 bridgehead atoms. The first-order valence-electron chi connectivity index (χ1n) is 12.0. The van der Waals surface area contributed by atoms with Crippen LogP contribution in [0.15, 0.2) is 17.7 Å². The summed E-state index contributed by atoms with van der Waals surface area (Å²) in [4.78, 5) is 29.9. The van der Waals surface area contributed by atoms with Crippen LogP contribution in [0.25, 0.3) is 0 Å².